The minimum absolute atomic E-state index is 0.133. The van der Waals surface area contributed by atoms with E-state index in [2.05, 4.69) is 0 Å². The molecule has 144 valence electrons. The number of amides is 1. The maximum atomic E-state index is 12.8. The van der Waals surface area contributed by atoms with Crippen LogP contribution >= 0.6 is 0 Å². The molecular formula is C22H22N2O3S. The zero-order chi connectivity index (χ0) is 20.3. The van der Waals surface area contributed by atoms with Crippen LogP contribution in [0, 0.1) is 6.92 Å². The molecule has 0 aromatic heterocycles. The third kappa shape index (κ3) is 3.92. The lowest BCUT2D eigenvalue weighted by molar-refractivity contribution is 0.0993. The number of aryl methyl sites for hydroxylation is 1. The quantitative estimate of drug-likeness (QED) is 0.655. The molecular weight excluding hydrogens is 372 g/mol. The van der Waals surface area contributed by atoms with Crippen molar-refractivity contribution in [3.8, 4) is 0 Å². The van der Waals surface area contributed by atoms with E-state index in [0.29, 0.717) is 11.3 Å². The Morgan fingerprint density at radius 2 is 1.32 bits per heavy atom. The molecule has 0 radical (unpaired) electrons. The topological polar surface area (TPSA) is 57.7 Å². The van der Waals surface area contributed by atoms with Crippen LogP contribution in [0.1, 0.15) is 15.9 Å². The SMILES string of the molecule is Cc1ccc(N(C)C(=O)c2ccc(S(=O)(=O)N(C)c3ccccc3)cc2)cc1. The molecule has 0 aliphatic rings. The van der Waals surface area contributed by atoms with Gasteiger partial charge in [-0.05, 0) is 55.5 Å². The van der Waals surface area contributed by atoms with Crippen molar-refractivity contribution < 1.29 is 13.2 Å². The predicted molar refractivity (Wildman–Crippen MR) is 112 cm³/mol. The van der Waals surface area contributed by atoms with Gasteiger partial charge in [0, 0.05) is 25.3 Å². The molecule has 28 heavy (non-hydrogen) atoms. The van der Waals surface area contributed by atoms with Gasteiger partial charge in [-0.1, -0.05) is 35.9 Å². The van der Waals surface area contributed by atoms with E-state index < -0.39 is 10.0 Å². The Kier molecular flexibility index (Phi) is 5.51. The molecule has 0 aliphatic heterocycles. The Hall–Kier alpha value is -3.12. The van der Waals surface area contributed by atoms with Crippen LogP contribution in [0.15, 0.2) is 83.8 Å². The first-order valence-electron chi connectivity index (χ1n) is 8.79. The highest BCUT2D eigenvalue weighted by atomic mass is 32.2. The van der Waals surface area contributed by atoms with E-state index in [1.165, 1.54) is 23.5 Å². The van der Waals surface area contributed by atoms with Gasteiger partial charge in [-0.3, -0.25) is 9.10 Å². The minimum Gasteiger partial charge on any atom is -0.311 e. The van der Waals surface area contributed by atoms with Gasteiger partial charge in [0.15, 0.2) is 0 Å². The molecule has 0 N–H and O–H groups in total. The van der Waals surface area contributed by atoms with Crippen LogP contribution in [0.5, 0.6) is 0 Å². The average molecular weight is 394 g/mol. The van der Waals surface area contributed by atoms with Crippen molar-refractivity contribution >= 4 is 27.3 Å². The third-order valence-electron chi connectivity index (χ3n) is 4.61. The Labute approximate surface area is 165 Å². The first-order chi connectivity index (χ1) is 13.3. The fourth-order valence-corrected chi connectivity index (χ4v) is 3.98. The summed E-state index contributed by atoms with van der Waals surface area (Å²) < 4.78 is 26.9. The fraction of sp³-hybridized carbons (Fsp3) is 0.136. The second-order valence-electron chi connectivity index (χ2n) is 6.53. The summed E-state index contributed by atoms with van der Waals surface area (Å²) in [5.41, 5.74) is 2.88. The molecule has 0 heterocycles. The Morgan fingerprint density at radius 1 is 0.750 bits per heavy atom. The molecule has 0 unspecified atom stereocenters. The molecule has 1 amide bonds. The van der Waals surface area contributed by atoms with Crippen LogP contribution in [-0.2, 0) is 10.0 Å². The maximum Gasteiger partial charge on any atom is 0.264 e. The van der Waals surface area contributed by atoms with E-state index in [4.69, 9.17) is 0 Å². The zero-order valence-electron chi connectivity index (χ0n) is 16.0. The second-order valence-corrected chi connectivity index (χ2v) is 8.50. The van der Waals surface area contributed by atoms with Crippen molar-refractivity contribution in [2.24, 2.45) is 0 Å². The van der Waals surface area contributed by atoms with Crippen LogP contribution in [0.25, 0.3) is 0 Å². The molecule has 0 spiro atoms. The summed E-state index contributed by atoms with van der Waals surface area (Å²) >= 11 is 0. The van der Waals surface area contributed by atoms with E-state index in [9.17, 15) is 13.2 Å². The van der Waals surface area contributed by atoms with Crippen molar-refractivity contribution in [2.75, 3.05) is 23.3 Å². The summed E-state index contributed by atoms with van der Waals surface area (Å²) in [6.07, 6.45) is 0. The van der Waals surface area contributed by atoms with Crippen molar-refractivity contribution in [2.45, 2.75) is 11.8 Å². The molecule has 0 bridgehead atoms. The second kappa shape index (κ2) is 7.86. The number of hydrogen-bond acceptors (Lipinski definition) is 3. The van der Waals surface area contributed by atoms with Crippen molar-refractivity contribution in [1.82, 2.24) is 0 Å². The summed E-state index contributed by atoms with van der Waals surface area (Å²) in [6.45, 7) is 1.98. The van der Waals surface area contributed by atoms with Gasteiger partial charge in [0.05, 0.1) is 10.6 Å². The average Bonchev–Trinajstić information content (AvgIpc) is 2.73. The molecule has 0 fully saturated rings. The Balaban J connectivity index is 1.82. The summed E-state index contributed by atoms with van der Waals surface area (Å²) in [7, 11) is -0.499. The minimum atomic E-state index is -3.70. The third-order valence-corrected chi connectivity index (χ3v) is 6.41. The normalized spacial score (nSPS) is 11.1. The molecule has 0 atom stereocenters. The highest BCUT2D eigenvalue weighted by Gasteiger charge is 2.22. The number of hydrogen-bond donors (Lipinski definition) is 0. The van der Waals surface area contributed by atoms with Gasteiger partial charge in [-0.25, -0.2) is 8.42 Å². The lowest BCUT2D eigenvalue weighted by Crippen LogP contribution is -2.27. The van der Waals surface area contributed by atoms with Gasteiger partial charge in [0.2, 0.25) is 0 Å². The van der Waals surface area contributed by atoms with E-state index >= 15 is 0 Å². The molecule has 3 aromatic rings. The first-order valence-corrected chi connectivity index (χ1v) is 10.2. The first kappa shape index (κ1) is 19.6. The van der Waals surface area contributed by atoms with E-state index in [-0.39, 0.29) is 10.8 Å². The molecule has 0 aliphatic carbocycles. The van der Waals surface area contributed by atoms with Crippen LogP contribution in [0.2, 0.25) is 0 Å². The number of carbonyl (C=O) groups is 1. The standard InChI is InChI=1S/C22H22N2O3S/c1-17-9-13-19(14-10-17)23(2)22(25)18-11-15-21(16-12-18)28(26,27)24(3)20-7-5-4-6-8-20/h4-16H,1-3H3. The summed E-state index contributed by atoms with van der Waals surface area (Å²) in [5, 5.41) is 0. The van der Waals surface area contributed by atoms with Gasteiger partial charge in [-0.15, -0.1) is 0 Å². The zero-order valence-corrected chi connectivity index (χ0v) is 16.8. The van der Waals surface area contributed by atoms with E-state index in [1.807, 2.05) is 37.3 Å². The summed E-state index contributed by atoms with van der Waals surface area (Å²) in [5.74, 6) is -0.204. The van der Waals surface area contributed by atoms with Crippen LogP contribution < -0.4 is 9.21 Å². The largest absolute Gasteiger partial charge is 0.311 e. The van der Waals surface area contributed by atoms with Crippen molar-refractivity contribution in [1.29, 1.82) is 0 Å². The van der Waals surface area contributed by atoms with Gasteiger partial charge >= 0.3 is 0 Å². The van der Waals surface area contributed by atoms with Crippen LogP contribution in [0.4, 0.5) is 11.4 Å². The predicted octanol–water partition coefficient (Wildman–Crippen LogP) is 4.10. The summed E-state index contributed by atoms with van der Waals surface area (Å²) in [4.78, 5) is 14.4. The van der Waals surface area contributed by atoms with Crippen LogP contribution in [0.3, 0.4) is 0 Å². The number of para-hydroxylation sites is 1. The molecule has 5 nitrogen and oxygen atoms in total. The number of benzene rings is 3. The summed E-state index contributed by atoms with van der Waals surface area (Å²) in [6, 6.07) is 22.5. The van der Waals surface area contributed by atoms with Gasteiger partial charge < -0.3 is 4.90 Å². The monoisotopic (exact) mass is 394 g/mol. The number of nitrogens with zero attached hydrogens (tertiary/aromatic N) is 2. The van der Waals surface area contributed by atoms with E-state index in [1.54, 1.807) is 48.3 Å². The van der Waals surface area contributed by atoms with Gasteiger partial charge in [0.1, 0.15) is 0 Å². The van der Waals surface area contributed by atoms with E-state index in [0.717, 1.165) is 11.3 Å². The molecule has 0 saturated heterocycles. The molecule has 0 saturated carbocycles. The van der Waals surface area contributed by atoms with Gasteiger partial charge in [-0.2, -0.15) is 0 Å². The molecule has 3 aromatic carbocycles. The number of rotatable bonds is 5. The lowest BCUT2D eigenvalue weighted by atomic mass is 10.1. The highest BCUT2D eigenvalue weighted by molar-refractivity contribution is 7.92. The Morgan fingerprint density at radius 3 is 1.89 bits per heavy atom. The number of sulfonamides is 1. The number of carbonyl (C=O) groups excluding carboxylic acids is 1. The Bertz CT molecular complexity index is 1060. The molecule has 3 rings (SSSR count). The highest BCUT2D eigenvalue weighted by Crippen LogP contribution is 2.23. The smallest absolute Gasteiger partial charge is 0.264 e. The lowest BCUT2D eigenvalue weighted by Gasteiger charge is -2.20. The van der Waals surface area contributed by atoms with Crippen LogP contribution in [-0.4, -0.2) is 28.4 Å². The molecule has 6 heteroatoms. The van der Waals surface area contributed by atoms with Crippen molar-refractivity contribution in [3.63, 3.8) is 0 Å². The maximum absolute atomic E-state index is 12.8. The fourth-order valence-electron chi connectivity index (χ4n) is 2.78. The van der Waals surface area contributed by atoms with Gasteiger partial charge in [0.25, 0.3) is 15.9 Å². The van der Waals surface area contributed by atoms with Crippen molar-refractivity contribution in [3.05, 3.63) is 90.0 Å². The number of anilines is 2.